The van der Waals surface area contributed by atoms with Gasteiger partial charge in [0, 0.05) is 6.54 Å². The maximum atomic E-state index is 12.6. The third-order valence-corrected chi connectivity index (χ3v) is 4.11. The van der Waals surface area contributed by atoms with Gasteiger partial charge in [0.05, 0.1) is 16.9 Å². The maximum Gasteiger partial charge on any atom is 0.416 e. The maximum absolute atomic E-state index is 12.6. The smallest absolute Gasteiger partial charge is 0.397 e. The Bertz CT molecular complexity index is 466. The SMILES string of the molecule is CCN1CCC(CNc2ccc(C(F)(F)F)cc2N)CC1. The Hall–Kier alpha value is -1.43. The molecule has 21 heavy (non-hydrogen) atoms. The van der Waals surface area contributed by atoms with E-state index in [-0.39, 0.29) is 5.69 Å². The van der Waals surface area contributed by atoms with Crippen molar-refractivity contribution >= 4 is 11.4 Å². The van der Waals surface area contributed by atoms with E-state index in [1.165, 1.54) is 6.07 Å². The lowest BCUT2D eigenvalue weighted by Gasteiger charge is -2.31. The standard InChI is InChI=1S/C15H22F3N3/c1-2-21-7-5-11(6-8-21)10-20-14-4-3-12(9-13(14)19)15(16,17)18/h3-4,9,11,20H,2,5-8,10,19H2,1H3. The van der Waals surface area contributed by atoms with Crippen LogP contribution < -0.4 is 11.1 Å². The van der Waals surface area contributed by atoms with Crippen molar-refractivity contribution < 1.29 is 13.2 Å². The molecule has 118 valence electrons. The summed E-state index contributed by atoms with van der Waals surface area (Å²) in [5.41, 5.74) is 5.73. The van der Waals surface area contributed by atoms with Crippen molar-refractivity contribution in [2.24, 2.45) is 5.92 Å². The summed E-state index contributed by atoms with van der Waals surface area (Å²) in [5, 5.41) is 3.18. The van der Waals surface area contributed by atoms with E-state index >= 15 is 0 Å². The summed E-state index contributed by atoms with van der Waals surface area (Å²) >= 11 is 0. The molecule has 6 heteroatoms. The van der Waals surface area contributed by atoms with Crippen molar-refractivity contribution in [3.05, 3.63) is 23.8 Å². The predicted octanol–water partition coefficient (Wildman–Crippen LogP) is 3.43. The van der Waals surface area contributed by atoms with Crippen LogP contribution >= 0.6 is 0 Å². The minimum atomic E-state index is -4.35. The van der Waals surface area contributed by atoms with Crippen molar-refractivity contribution in [3.8, 4) is 0 Å². The van der Waals surface area contributed by atoms with Gasteiger partial charge in [-0.3, -0.25) is 0 Å². The number of alkyl halides is 3. The number of anilines is 2. The zero-order chi connectivity index (χ0) is 15.5. The third kappa shape index (κ3) is 4.27. The zero-order valence-electron chi connectivity index (χ0n) is 12.2. The van der Waals surface area contributed by atoms with Crippen LogP contribution in [0.5, 0.6) is 0 Å². The van der Waals surface area contributed by atoms with Crippen LogP contribution in [0.1, 0.15) is 25.3 Å². The Morgan fingerprint density at radius 2 is 1.95 bits per heavy atom. The Balaban J connectivity index is 1.89. The second-order valence-corrected chi connectivity index (χ2v) is 5.56. The van der Waals surface area contributed by atoms with Gasteiger partial charge < -0.3 is 16.0 Å². The number of nitrogen functional groups attached to an aromatic ring is 1. The summed E-state index contributed by atoms with van der Waals surface area (Å²) in [6, 6.07) is 3.47. The van der Waals surface area contributed by atoms with Gasteiger partial charge in [0.25, 0.3) is 0 Å². The number of halogens is 3. The first-order valence-corrected chi connectivity index (χ1v) is 7.33. The Morgan fingerprint density at radius 1 is 1.29 bits per heavy atom. The zero-order valence-corrected chi connectivity index (χ0v) is 12.2. The van der Waals surface area contributed by atoms with E-state index in [0.717, 1.165) is 51.2 Å². The van der Waals surface area contributed by atoms with E-state index in [1.54, 1.807) is 0 Å². The number of likely N-dealkylation sites (tertiary alicyclic amines) is 1. The van der Waals surface area contributed by atoms with Gasteiger partial charge >= 0.3 is 6.18 Å². The van der Waals surface area contributed by atoms with Gasteiger partial charge in [0.15, 0.2) is 0 Å². The lowest BCUT2D eigenvalue weighted by Crippen LogP contribution is -2.35. The molecular formula is C15H22F3N3. The molecule has 2 rings (SSSR count). The van der Waals surface area contributed by atoms with Crippen LogP contribution in [-0.4, -0.2) is 31.1 Å². The molecule has 1 saturated heterocycles. The molecule has 0 aliphatic carbocycles. The molecule has 0 bridgehead atoms. The fraction of sp³-hybridized carbons (Fsp3) is 0.600. The number of nitrogens with two attached hydrogens (primary N) is 1. The topological polar surface area (TPSA) is 41.3 Å². The van der Waals surface area contributed by atoms with Gasteiger partial charge in [0.2, 0.25) is 0 Å². The van der Waals surface area contributed by atoms with Crippen LogP contribution in [0.25, 0.3) is 0 Å². The van der Waals surface area contributed by atoms with Crippen LogP contribution in [0.4, 0.5) is 24.5 Å². The van der Waals surface area contributed by atoms with E-state index in [0.29, 0.717) is 11.6 Å². The van der Waals surface area contributed by atoms with Crippen molar-refractivity contribution in [1.82, 2.24) is 4.90 Å². The molecule has 1 fully saturated rings. The molecule has 1 aliphatic heterocycles. The van der Waals surface area contributed by atoms with Crippen molar-refractivity contribution in [2.75, 3.05) is 37.2 Å². The molecule has 0 amide bonds. The Kier molecular flexibility index (Phi) is 4.98. The molecule has 1 aromatic rings. The normalized spacial score (nSPS) is 17.9. The number of piperidine rings is 1. The Labute approximate surface area is 123 Å². The molecule has 0 aromatic heterocycles. The fourth-order valence-electron chi connectivity index (χ4n) is 2.66. The molecule has 1 heterocycles. The van der Waals surface area contributed by atoms with Crippen molar-refractivity contribution in [2.45, 2.75) is 25.9 Å². The number of hydrogen-bond acceptors (Lipinski definition) is 3. The van der Waals surface area contributed by atoms with Crippen molar-refractivity contribution in [3.63, 3.8) is 0 Å². The minimum Gasteiger partial charge on any atom is -0.397 e. The highest BCUT2D eigenvalue weighted by molar-refractivity contribution is 5.67. The molecular weight excluding hydrogens is 279 g/mol. The number of nitrogens with one attached hydrogen (secondary N) is 1. The number of rotatable bonds is 4. The van der Waals surface area contributed by atoms with Gasteiger partial charge in [-0.15, -0.1) is 0 Å². The summed E-state index contributed by atoms with van der Waals surface area (Å²) < 4.78 is 37.7. The molecule has 0 unspecified atom stereocenters. The summed E-state index contributed by atoms with van der Waals surface area (Å²) in [6.45, 7) is 6.16. The van der Waals surface area contributed by atoms with Gasteiger partial charge in [0.1, 0.15) is 0 Å². The first-order valence-electron chi connectivity index (χ1n) is 7.33. The fourth-order valence-corrected chi connectivity index (χ4v) is 2.66. The molecule has 1 aliphatic rings. The quantitative estimate of drug-likeness (QED) is 0.837. The molecule has 3 nitrogen and oxygen atoms in total. The summed E-state index contributed by atoms with van der Waals surface area (Å²) in [6.07, 6.45) is -2.12. The monoisotopic (exact) mass is 301 g/mol. The molecule has 0 saturated carbocycles. The highest BCUT2D eigenvalue weighted by atomic mass is 19.4. The van der Waals surface area contributed by atoms with Crippen LogP contribution in [0.2, 0.25) is 0 Å². The van der Waals surface area contributed by atoms with E-state index < -0.39 is 11.7 Å². The second-order valence-electron chi connectivity index (χ2n) is 5.56. The third-order valence-electron chi connectivity index (χ3n) is 4.11. The highest BCUT2D eigenvalue weighted by Gasteiger charge is 2.30. The molecule has 0 atom stereocenters. The van der Waals surface area contributed by atoms with Gasteiger partial charge in [-0.1, -0.05) is 6.92 Å². The van der Waals surface area contributed by atoms with Crippen LogP contribution in [0, 0.1) is 5.92 Å². The average molecular weight is 301 g/mol. The minimum absolute atomic E-state index is 0.149. The van der Waals surface area contributed by atoms with E-state index in [4.69, 9.17) is 5.73 Å². The van der Waals surface area contributed by atoms with E-state index in [9.17, 15) is 13.2 Å². The molecule has 1 aromatic carbocycles. The molecule has 0 radical (unpaired) electrons. The average Bonchev–Trinajstić information content (AvgIpc) is 2.45. The predicted molar refractivity (Wildman–Crippen MR) is 79.2 cm³/mol. The molecule has 0 spiro atoms. The van der Waals surface area contributed by atoms with Crippen LogP contribution in [0.15, 0.2) is 18.2 Å². The largest absolute Gasteiger partial charge is 0.416 e. The van der Waals surface area contributed by atoms with Crippen LogP contribution in [0.3, 0.4) is 0 Å². The summed E-state index contributed by atoms with van der Waals surface area (Å²) in [4.78, 5) is 2.41. The van der Waals surface area contributed by atoms with Crippen LogP contribution in [-0.2, 0) is 6.18 Å². The van der Waals surface area contributed by atoms with Gasteiger partial charge in [-0.2, -0.15) is 13.2 Å². The number of nitrogens with zero attached hydrogens (tertiary/aromatic N) is 1. The highest BCUT2D eigenvalue weighted by Crippen LogP contribution is 2.33. The second kappa shape index (κ2) is 6.56. The van der Waals surface area contributed by atoms with Crippen molar-refractivity contribution in [1.29, 1.82) is 0 Å². The first-order chi connectivity index (χ1) is 9.90. The Morgan fingerprint density at radius 3 is 2.48 bits per heavy atom. The lowest BCUT2D eigenvalue weighted by molar-refractivity contribution is -0.137. The van der Waals surface area contributed by atoms with E-state index in [1.807, 2.05) is 0 Å². The number of benzene rings is 1. The first kappa shape index (κ1) is 15.9. The van der Waals surface area contributed by atoms with E-state index in [2.05, 4.69) is 17.1 Å². The lowest BCUT2D eigenvalue weighted by atomic mass is 9.96. The van der Waals surface area contributed by atoms with Gasteiger partial charge in [-0.05, 0) is 56.6 Å². The summed E-state index contributed by atoms with van der Waals surface area (Å²) in [5.74, 6) is 0.550. The summed E-state index contributed by atoms with van der Waals surface area (Å²) in [7, 11) is 0. The molecule has 3 N–H and O–H groups in total. The van der Waals surface area contributed by atoms with Gasteiger partial charge in [-0.25, -0.2) is 0 Å². The number of hydrogen-bond donors (Lipinski definition) is 2.